The Morgan fingerprint density at radius 1 is 1.33 bits per heavy atom. The van der Waals surface area contributed by atoms with Crippen molar-refractivity contribution in [2.45, 2.75) is 58.1 Å². The highest BCUT2D eigenvalue weighted by Crippen LogP contribution is 2.33. The van der Waals surface area contributed by atoms with E-state index in [2.05, 4.69) is 27.2 Å². The lowest BCUT2D eigenvalue weighted by Crippen LogP contribution is -2.45. The Hall–Kier alpha value is -1.63. The average molecular weight is 295 g/mol. The summed E-state index contributed by atoms with van der Waals surface area (Å²) >= 11 is 0. The summed E-state index contributed by atoms with van der Waals surface area (Å²) in [6.07, 6.45) is 3.88. The van der Waals surface area contributed by atoms with E-state index in [9.17, 15) is 5.11 Å². The van der Waals surface area contributed by atoms with E-state index in [0.717, 1.165) is 25.7 Å². The Balaban J connectivity index is 2.15. The van der Waals surface area contributed by atoms with Crippen molar-refractivity contribution in [3.63, 3.8) is 0 Å². The number of nitrogens with one attached hydrogen (secondary N) is 1. The molecule has 1 aromatic rings. The van der Waals surface area contributed by atoms with Gasteiger partial charge in [-0.05, 0) is 45.4 Å². The van der Waals surface area contributed by atoms with Crippen LogP contribution in [-0.4, -0.2) is 38.3 Å². The van der Waals surface area contributed by atoms with E-state index in [-0.39, 0.29) is 30.2 Å². The van der Waals surface area contributed by atoms with E-state index in [1.54, 1.807) is 0 Å². The first-order valence-electron chi connectivity index (χ1n) is 7.50. The molecule has 1 aliphatic rings. The van der Waals surface area contributed by atoms with E-state index in [1.807, 2.05) is 13.8 Å². The van der Waals surface area contributed by atoms with Gasteiger partial charge in [-0.25, -0.2) is 0 Å². The summed E-state index contributed by atoms with van der Waals surface area (Å²) in [5.41, 5.74) is 5.32. The van der Waals surface area contributed by atoms with Crippen LogP contribution in [-0.2, 0) is 0 Å². The first kappa shape index (κ1) is 15.8. The van der Waals surface area contributed by atoms with Crippen molar-refractivity contribution >= 4 is 11.9 Å². The number of hydrogen-bond acceptors (Lipinski definition) is 7. The molecule has 0 unspecified atom stereocenters. The molecule has 0 saturated heterocycles. The topological polar surface area (TPSA) is 106 Å². The Morgan fingerprint density at radius 2 is 2.00 bits per heavy atom. The molecule has 0 spiro atoms. The second-order valence-electron chi connectivity index (χ2n) is 6.21. The molecule has 2 rings (SSSR count). The van der Waals surface area contributed by atoms with Crippen LogP contribution >= 0.6 is 0 Å². The minimum Gasteiger partial charge on any atom is -0.461 e. The van der Waals surface area contributed by atoms with Crippen molar-refractivity contribution in [3.8, 4) is 6.01 Å². The SMILES string of the molecule is CC1CCC(CO)(Nc2nc(N)nc(OC(C)C)n2)CC1. The number of anilines is 2. The van der Waals surface area contributed by atoms with Crippen molar-refractivity contribution in [2.75, 3.05) is 17.7 Å². The second-order valence-corrected chi connectivity index (χ2v) is 6.21. The van der Waals surface area contributed by atoms with Crippen molar-refractivity contribution in [3.05, 3.63) is 0 Å². The van der Waals surface area contributed by atoms with E-state index < -0.39 is 0 Å². The molecular weight excluding hydrogens is 270 g/mol. The lowest BCUT2D eigenvalue weighted by atomic mass is 9.77. The lowest BCUT2D eigenvalue weighted by molar-refractivity contribution is 0.154. The van der Waals surface area contributed by atoms with Gasteiger partial charge in [0.15, 0.2) is 0 Å². The summed E-state index contributed by atoms with van der Waals surface area (Å²) in [6.45, 7) is 6.07. The molecule has 7 heteroatoms. The number of nitrogens with zero attached hydrogens (tertiary/aromatic N) is 3. The van der Waals surface area contributed by atoms with Gasteiger partial charge in [-0.3, -0.25) is 0 Å². The first-order valence-corrected chi connectivity index (χ1v) is 7.50. The van der Waals surface area contributed by atoms with E-state index in [1.165, 1.54) is 0 Å². The highest BCUT2D eigenvalue weighted by atomic mass is 16.5. The number of aromatic nitrogens is 3. The van der Waals surface area contributed by atoms with Crippen LogP contribution in [0.15, 0.2) is 0 Å². The van der Waals surface area contributed by atoms with Crippen molar-refractivity contribution in [1.29, 1.82) is 0 Å². The Kier molecular flexibility index (Phi) is 4.82. The smallest absolute Gasteiger partial charge is 0.323 e. The normalized spacial score (nSPS) is 25.9. The summed E-state index contributed by atoms with van der Waals surface area (Å²) in [6, 6.07) is 0.206. The first-order chi connectivity index (χ1) is 9.92. The predicted octanol–water partition coefficient (Wildman–Crippen LogP) is 1.59. The molecule has 1 aromatic heterocycles. The van der Waals surface area contributed by atoms with Gasteiger partial charge < -0.3 is 20.9 Å². The minimum absolute atomic E-state index is 0.0398. The molecule has 0 bridgehead atoms. The second kappa shape index (κ2) is 6.43. The van der Waals surface area contributed by atoms with Crippen molar-refractivity contribution < 1.29 is 9.84 Å². The monoisotopic (exact) mass is 295 g/mol. The molecule has 1 saturated carbocycles. The van der Waals surface area contributed by atoms with Crippen LogP contribution < -0.4 is 15.8 Å². The molecular formula is C14H25N5O2. The van der Waals surface area contributed by atoms with Gasteiger partial charge in [0.05, 0.1) is 18.2 Å². The van der Waals surface area contributed by atoms with Crippen LogP contribution in [0.5, 0.6) is 6.01 Å². The summed E-state index contributed by atoms with van der Waals surface area (Å²) in [5, 5.41) is 13.0. The zero-order valence-corrected chi connectivity index (χ0v) is 13.0. The number of aliphatic hydroxyl groups is 1. The molecule has 1 aliphatic carbocycles. The third kappa shape index (κ3) is 4.17. The fourth-order valence-corrected chi connectivity index (χ4v) is 2.57. The number of nitrogen functional groups attached to an aromatic ring is 1. The van der Waals surface area contributed by atoms with Crippen LogP contribution in [0.25, 0.3) is 0 Å². The molecule has 1 heterocycles. The van der Waals surface area contributed by atoms with Crippen molar-refractivity contribution in [2.24, 2.45) is 5.92 Å². The number of hydrogen-bond donors (Lipinski definition) is 3. The highest BCUT2D eigenvalue weighted by molar-refractivity contribution is 5.36. The van der Waals surface area contributed by atoms with Crippen molar-refractivity contribution in [1.82, 2.24) is 15.0 Å². The average Bonchev–Trinajstić information content (AvgIpc) is 2.40. The van der Waals surface area contributed by atoms with Gasteiger partial charge in [-0.2, -0.15) is 15.0 Å². The zero-order chi connectivity index (χ0) is 15.5. The maximum atomic E-state index is 9.78. The van der Waals surface area contributed by atoms with Gasteiger partial charge in [0.2, 0.25) is 11.9 Å². The van der Waals surface area contributed by atoms with Gasteiger partial charge in [0, 0.05) is 0 Å². The third-order valence-electron chi connectivity index (χ3n) is 3.88. The molecule has 118 valence electrons. The summed E-state index contributed by atoms with van der Waals surface area (Å²) in [7, 11) is 0. The van der Waals surface area contributed by atoms with Gasteiger partial charge in [0.1, 0.15) is 0 Å². The third-order valence-corrected chi connectivity index (χ3v) is 3.88. The summed E-state index contributed by atoms with van der Waals surface area (Å²) < 4.78 is 5.46. The number of ether oxygens (including phenoxy) is 1. The minimum atomic E-state index is -0.380. The molecule has 4 N–H and O–H groups in total. The van der Waals surface area contributed by atoms with E-state index >= 15 is 0 Å². The zero-order valence-electron chi connectivity index (χ0n) is 13.0. The van der Waals surface area contributed by atoms with Crippen LogP contribution in [0, 0.1) is 5.92 Å². The maximum absolute atomic E-state index is 9.78. The molecule has 21 heavy (non-hydrogen) atoms. The number of aliphatic hydroxyl groups excluding tert-OH is 1. The van der Waals surface area contributed by atoms with Crippen LogP contribution in [0.2, 0.25) is 0 Å². The summed E-state index contributed by atoms with van der Waals surface area (Å²) in [4.78, 5) is 12.3. The van der Waals surface area contributed by atoms with Gasteiger partial charge in [-0.15, -0.1) is 0 Å². The standard InChI is InChI=1S/C14H25N5O2/c1-9(2)21-13-17-11(15)16-12(18-13)19-14(8-20)6-4-10(3)5-7-14/h9-10,20H,4-8H2,1-3H3,(H3,15,16,17,18,19). The molecule has 1 fully saturated rings. The largest absolute Gasteiger partial charge is 0.461 e. The fourth-order valence-electron chi connectivity index (χ4n) is 2.57. The number of nitrogens with two attached hydrogens (primary N) is 1. The maximum Gasteiger partial charge on any atom is 0.323 e. The van der Waals surface area contributed by atoms with Crippen LogP contribution in [0.3, 0.4) is 0 Å². The quantitative estimate of drug-likeness (QED) is 0.757. The number of rotatable bonds is 5. The molecule has 7 nitrogen and oxygen atoms in total. The van der Waals surface area contributed by atoms with E-state index in [4.69, 9.17) is 10.5 Å². The fraction of sp³-hybridized carbons (Fsp3) is 0.786. The van der Waals surface area contributed by atoms with Crippen LogP contribution in [0.4, 0.5) is 11.9 Å². The molecule has 0 atom stereocenters. The molecule has 0 radical (unpaired) electrons. The summed E-state index contributed by atoms with van der Waals surface area (Å²) in [5.74, 6) is 1.16. The molecule has 0 amide bonds. The van der Waals surface area contributed by atoms with E-state index in [0.29, 0.717) is 11.9 Å². The molecule has 0 aliphatic heterocycles. The molecule has 0 aromatic carbocycles. The Labute approximate surface area is 125 Å². The Morgan fingerprint density at radius 3 is 2.57 bits per heavy atom. The predicted molar refractivity (Wildman–Crippen MR) is 81.1 cm³/mol. The Bertz CT molecular complexity index is 472. The van der Waals surface area contributed by atoms with Gasteiger partial charge in [0.25, 0.3) is 0 Å². The highest BCUT2D eigenvalue weighted by Gasteiger charge is 2.34. The lowest BCUT2D eigenvalue weighted by Gasteiger charge is -2.38. The van der Waals surface area contributed by atoms with Crippen LogP contribution in [0.1, 0.15) is 46.5 Å². The van der Waals surface area contributed by atoms with Gasteiger partial charge >= 0.3 is 6.01 Å². The van der Waals surface area contributed by atoms with Gasteiger partial charge in [-0.1, -0.05) is 6.92 Å².